The molecule has 1 saturated heterocycles. The van der Waals surface area contributed by atoms with Crippen molar-refractivity contribution >= 4 is 23.5 Å². The van der Waals surface area contributed by atoms with Crippen molar-refractivity contribution in [3.05, 3.63) is 35.2 Å². The van der Waals surface area contributed by atoms with E-state index in [0.717, 1.165) is 23.3 Å². The van der Waals surface area contributed by atoms with Crippen LogP contribution in [0, 0.1) is 5.92 Å². The Morgan fingerprint density at radius 1 is 1.33 bits per heavy atom. The summed E-state index contributed by atoms with van der Waals surface area (Å²) in [6, 6.07) is 6.58. The van der Waals surface area contributed by atoms with Gasteiger partial charge in [0, 0.05) is 10.6 Å². The minimum absolute atomic E-state index is 0.0342. The molecule has 0 radical (unpaired) electrons. The smallest absolute Gasteiger partial charge is 0.325 e. The van der Waals surface area contributed by atoms with E-state index < -0.39 is 11.6 Å². The molecule has 1 atom stereocenters. The molecule has 1 aromatic carbocycles. The zero-order chi connectivity index (χ0) is 16.9. The lowest BCUT2D eigenvalue weighted by atomic mass is 9.96. The van der Waals surface area contributed by atoms with Crippen molar-refractivity contribution in [2.24, 2.45) is 5.92 Å². The van der Waals surface area contributed by atoms with Crippen molar-refractivity contribution in [1.29, 1.82) is 0 Å². The summed E-state index contributed by atoms with van der Waals surface area (Å²) in [4.78, 5) is 30.1. The summed E-state index contributed by atoms with van der Waals surface area (Å²) in [6.07, 6.45) is 1.91. The summed E-state index contributed by atoms with van der Waals surface area (Å²) < 4.78 is 5.18. The van der Waals surface area contributed by atoms with Crippen LogP contribution in [0.15, 0.2) is 28.8 Å². The Hall–Kier alpha value is -2.41. The maximum absolute atomic E-state index is 12.6. The second-order valence-corrected chi connectivity index (χ2v) is 6.75. The number of hydrogen-bond donors (Lipinski definition) is 1. The third-order valence-electron chi connectivity index (χ3n) is 4.56. The molecule has 1 aromatic heterocycles. The van der Waals surface area contributed by atoms with Crippen molar-refractivity contribution in [3.63, 3.8) is 0 Å². The molecule has 2 fully saturated rings. The molecule has 2 aliphatic rings. The maximum Gasteiger partial charge on any atom is 0.325 e. The van der Waals surface area contributed by atoms with Gasteiger partial charge < -0.3 is 9.84 Å². The topological polar surface area (TPSA) is 88.3 Å². The SMILES string of the molecule is C[C@]1(C2CC2)NC(=O)N(Cc2nc(-c3ccc(Cl)cc3)no2)C1=O. The van der Waals surface area contributed by atoms with E-state index in [9.17, 15) is 9.59 Å². The fourth-order valence-corrected chi connectivity index (χ4v) is 3.09. The average Bonchev–Trinajstić information content (AvgIpc) is 3.28. The largest absolute Gasteiger partial charge is 0.337 e. The molecule has 7 nitrogen and oxygen atoms in total. The first-order valence-corrected chi connectivity index (χ1v) is 8.08. The number of rotatable bonds is 4. The van der Waals surface area contributed by atoms with Crippen LogP contribution < -0.4 is 5.32 Å². The first-order chi connectivity index (χ1) is 11.5. The number of aromatic nitrogens is 2. The van der Waals surface area contributed by atoms with Crippen molar-refractivity contribution in [3.8, 4) is 11.4 Å². The summed E-state index contributed by atoms with van der Waals surface area (Å²) in [5.74, 6) is 0.578. The van der Waals surface area contributed by atoms with Gasteiger partial charge in [-0.15, -0.1) is 0 Å². The van der Waals surface area contributed by atoms with Gasteiger partial charge in [-0.3, -0.25) is 9.69 Å². The van der Waals surface area contributed by atoms with Gasteiger partial charge in [0.25, 0.3) is 5.91 Å². The summed E-state index contributed by atoms with van der Waals surface area (Å²) in [5, 5.41) is 7.30. The standard InChI is InChI=1S/C16H15ClN4O3/c1-16(10-4-5-10)14(22)21(15(23)19-16)8-12-18-13(20-24-12)9-2-6-11(17)7-3-9/h2-3,6-7,10H,4-5,8H2,1H3,(H,19,23)/t16-/m1/s1. The van der Waals surface area contributed by atoms with Crippen molar-refractivity contribution in [1.82, 2.24) is 20.4 Å². The molecule has 0 bridgehead atoms. The Balaban J connectivity index is 1.53. The fourth-order valence-electron chi connectivity index (χ4n) is 2.97. The van der Waals surface area contributed by atoms with E-state index in [4.69, 9.17) is 16.1 Å². The predicted octanol–water partition coefficient (Wildman–Crippen LogP) is 2.61. The zero-order valence-corrected chi connectivity index (χ0v) is 13.7. The highest BCUT2D eigenvalue weighted by Gasteiger charge is 2.56. The van der Waals surface area contributed by atoms with Gasteiger partial charge in [0.1, 0.15) is 12.1 Å². The molecule has 2 aromatic rings. The molecule has 1 aliphatic carbocycles. The monoisotopic (exact) mass is 346 g/mol. The van der Waals surface area contributed by atoms with Gasteiger partial charge in [-0.2, -0.15) is 4.98 Å². The van der Waals surface area contributed by atoms with Crippen LogP contribution in [0.4, 0.5) is 4.79 Å². The van der Waals surface area contributed by atoms with Gasteiger partial charge >= 0.3 is 6.03 Å². The highest BCUT2D eigenvalue weighted by molar-refractivity contribution is 6.30. The van der Waals surface area contributed by atoms with Gasteiger partial charge in [-0.25, -0.2) is 4.79 Å². The van der Waals surface area contributed by atoms with Crippen molar-refractivity contribution in [2.75, 3.05) is 0 Å². The van der Waals surface area contributed by atoms with Crippen LogP contribution in [0.1, 0.15) is 25.7 Å². The van der Waals surface area contributed by atoms with Crippen LogP contribution in [-0.4, -0.2) is 32.5 Å². The van der Waals surface area contributed by atoms with E-state index in [1.54, 1.807) is 31.2 Å². The minimum atomic E-state index is -0.809. The highest BCUT2D eigenvalue weighted by Crippen LogP contribution is 2.42. The molecule has 1 saturated carbocycles. The first-order valence-electron chi connectivity index (χ1n) is 7.70. The van der Waals surface area contributed by atoms with E-state index >= 15 is 0 Å². The Morgan fingerprint density at radius 3 is 2.71 bits per heavy atom. The Morgan fingerprint density at radius 2 is 2.04 bits per heavy atom. The normalized spacial score (nSPS) is 23.7. The summed E-state index contributed by atoms with van der Waals surface area (Å²) in [5.41, 5.74) is -0.0646. The maximum atomic E-state index is 12.6. The Kier molecular flexibility index (Phi) is 3.35. The number of nitrogens with zero attached hydrogens (tertiary/aromatic N) is 3. The van der Waals surface area contributed by atoms with Gasteiger partial charge in [-0.05, 0) is 49.9 Å². The number of urea groups is 1. The zero-order valence-electron chi connectivity index (χ0n) is 13.0. The number of carbonyl (C=O) groups excluding carboxylic acids is 2. The van der Waals surface area contributed by atoms with E-state index in [1.807, 2.05) is 0 Å². The molecular formula is C16H15ClN4O3. The number of hydrogen-bond acceptors (Lipinski definition) is 5. The molecule has 8 heteroatoms. The molecule has 3 amide bonds. The third kappa shape index (κ3) is 2.45. The minimum Gasteiger partial charge on any atom is -0.337 e. The molecule has 2 heterocycles. The average molecular weight is 347 g/mol. The Bertz CT molecular complexity index is 815. The molecule has 124 valence electrons. The van der Waals surface area contributed by atoms with E-state index in [-0.39, 0.29) is 24.3 Å². The number of imide groups is 1. The molecule has 1 aliphatic heterocycles. The van der Waals surface area contributed by atoms with E-state index in [2.05, 4.69) is 15.5 Å². The lowest BCUT2D eigenvalue weighted by molar-refractivity contribution is -0.132. The summed E-state index contributed by atoms with van der Waals surface area (Å²) >= 11 is 5.85. The van der Waals surface area contributed by atoms with Gasteiger partial charge in [-0.1, -0.05) is 16.8 Å². The molecule has 1 N–H and O–H groups in total. The predicted molar refractivity (Wildman–Crippen MR) is 85.0 cm³/mol. The summed E-state index contributed by atoms with van der Waals surface area (Å²) in [7, 11) is 0. The number of halogens is 1. The number of carbonyl (C=O) groups is 2. The van der Waals surface area contributed by atoms with Crippen LogP contribution in [-0.2, 0) is 11.3 Å². The first kappa shape index (κ1) is 15.1. The van der Waals surface area contributed by atoms with Crippen molar-refractivity contribution < 1.29 is 14.1 Å². The second-order valence-electron chi connectivity index (χ2n) is 6.32. The lowest BCUT2D eigenvalue weighted by Crippen LogP contribution is -2.46. The second kappa shape index (κ2) is 5.31. The van der Waals surface area contributed by atoms with Crippen LogP contribution in [0.3, 0.4) is 0 Å². The molecule has 24 heavy (non-hydrogen) atoms. The van der Waals surface area contributed by atoms with Crippen LogP contribution >= 0.6 is 11.6 Å². The number of amides is 3. The molecular weight excluding hydrogens is 332 g/mol. The quantitative estimate of drug-likeness (QED) is 0.860. The third-order valence-corrected chi connectivity index (χ3v) is 4.81. The number of nitrogens with one attached hydrogen (secondary N) is 1. The van der Waals surface area contributed by atoms with Gasteiger partial charge in [0.15, 0.2) is 0 Å². The van der Waals surface area contributed by atoms with Gasteiger partial charge in [0.2, 0.25) is 11.7 Å². The molecule has 0 unspecified atom stereocenters. The van der Waals surface area contributed by atoms with Crippen LogP contribution in [0.2, 0.25) is 5.02 Å². The van der Waals surface area contributed by atoms with Gasteiger partial charge in [0.05, 0.1) is 0 Å². The Labute approximate surface area is 143 Å². The van der Waals surface area contributed by atoms with E-state index in [1.165, 1.54) is 0 Å². The lowest BCUT2D eigenvalue weighted by Gasteiger charge is -2.20. The van der Waals surface area contributed by atoms with Crippen LogP contribution in [0.25, 0.3) is 11.4 Å². The van der Waals surface area contributed by atoms with Crippen LogP contribution in [0.5, 0.6) is 0 Å². The van der Waals surface area contributed by atoms with E-state index in [0.29, 0.717) is 10.8 Å². The fraction of sp³-hybridized carbons (Fsp3) is 0.375. The highest BCUT2D eigenvalue weighted by atomic mass is 35.5. The molecule has 0 spiro atoms. The molecule has 4 rings (SSSR count). The summed E-state index contributed by atoms with van der Waals surface area (Å²) in [6.45, 7) is 1.74. The van der Waals surface area contributed by atoms with Crippen molar-refractivity contribution in [2.45, 2.75) is 31.8 Å². The number of benzene rings is 1.